The molecule has 0 atom stereocenters. The Labute approximate surface area is 131 Å². The summed E-state index contributed by atoms with van der Waals surface area (Å²) in [5.74, 6) is 0. The maximum absolute atomic E-state index is 5.90. The van der Waals surface area contributed by atoms with E-state index in [0.29, 0.717) is 0 Å². The second-order valence-electron chi connectivity index (χ2n) is 5.18. The lowest BCUT2D eigenvalue weighted by Crippen LogP contribution is -1.76. The summed E-state index contributed by atoms with van der Waals surface area (Å²) in [6.07, 6.45) is 0. The summed E-state index contributed by atoms with van der Waals surface area (Å²) < 4.78 is 5.90. The third-order valence-electron chi connectivity index (χ3n) is 3.73. The quantitative estimate of drug-likeness (QED) is 0.385. The van der Waals surface area contributed by atoms with Crippen molar-refractivity contribution in [2.24, 2.45) is 0 Å². The number of hydrogen-bond donors (Lipinski definition) is 0. The number of rotatable bonds is 1. The summed E-state index contributed by atoms with van der Waals surface area (Å²) in [5.41, 5.74) is 5.62. The van der Waals surface area contributed by atoms with Gasteiger partial charge in [0.25, 0.3) is 0 Å². The highest BCUT2D eigenvalue weighted by atomic mass is 16.3. The first-order valence-corrected chi connectivity index (χ1v) is 7.79. The van der Waals surface area contributed by atoms with Gasteiger partial charge in [-0.15, -0.1) is 0 Å². The number of fused-ring (bicyclic) bond motifs is 3. The molecule has 1 nitrogen and oxygen atoms in total. The van der Waals surface area contributed by atoms with Crippen molar-refractivity contribution in [1.82, 2.24) is 0 Å². The highest BCUT2D eigenvalue weighted by molar-refractivity contribution is 6.06. The maximum atomic E-state index is 5.90. The summed E-state index contributed by atoms with van der Waals surface area (Å²) in [7, 11) is 0. The average molecular weight is 288 g/mol. The Morgan fingerprint density at radius 3 is 2.00 bits per heavy atom. The second-order valence-corrected chi connectivity index (χ2v) is 5.18. The minimum Gasteiger partial charge on any atom is -0.456 e. The van der Waals surface area contributed by atoms with Crippen LogP contribution in [0.3, 0.4) is 0 Å². The predicted molar refractivity (Wildman–Crippen MR) is 95.2 cm³/mol. The lowest BCUT2D eigenvalue weighted by molar-refractivity contribution is 0.669. The van der Waals surface area contributed by atoms with E-state index < -0.39 is 0 Å². The molecule has 0 aliphatic rings. The molecular weight excluding hydrogens is 268 g/mol. The van der Waals surface area contributed by atoms with E-state index in [0.717, 1.165) is 11.2 Å². The zero-order chi connectivity index (χ0) is 15.5. The molecule has 0 saturated heterocycles. The van der Waals surface area contributed by atoms with Gasteiger partial charge in [0.05, 0.1) is 0 Å². The summed E-state index contributed by atoms with van der Waals surface area (Å²) >= 11 is 0. The van der Waals surface area contributed by atoms with Crippen LogP contribution in [0.4, 0.5) is 0 Å². The average Bonchev–Trinajstić information content (AvgIpc) is 2.94. The molecule has 1 heterocycles. The Balaban J connectivity index is 0.000000693. The third kappa shape index (κ3) is 2.50. The fourth-order valence-corrected chi connectivity index (χ4v) is 2.70. The number of benzene rings is 3. The van der Waals surface area contributed by atoms with Crippen LogP contribution in [0, 0.1) is 6.92 Å². The summed E-state index contributed by atoms with van der Waals surface area (Å²) in [5, 5.41) is 2.38. The van der Waals surface area contributed by atoms with Crippen LogP contribution < -0.4 is 0 Å². The van der Waals surface area contributed by atoms with E-state index >= 15 is 0 Å². The molecular formula is C21H20O. The molecule has 1 heteroatoms. The van der Waals surface area contributed by atoms with E-state index in [1.807, 2.05) is 26.0 Å². The zero-order valence-corrected chi connectivity index (χ0v) is 13.3. The van der Waals surface area contributed by atoms with Crippen LogP contribution in [-0.4, -0.2) is 0 Å². The Morgan fingerprint density at radius 2 is 1.27 bits per heavy atom. The van der Waals surface area contributed by atoms with Crippen molar-refractivity contribution in [2.45, 2.75) is 20.8 Å². The minimum absolute atomic E-state index is 0.949. The van der Waals surface area contributed by atoms with E-state index in [1.165, 1.54) is 27.5 Å². The van der Waals surface area contributed by atoms with E-state index in [4.69, 9.17) is 4.42 Å². The summed E-state index contributed by atoms with van der Waals surface area (Å²) in [6, 6.07) is 23.2. The highest BCUT2D eigenvalue weighted by Gasteiger charge is 2.08. The van der Waals surface area contributed by atoms with E-state index in [1.54, 1.807) is 0 Å². The second kappa shape index (κ2) is 6.07. The van der Waals surface area contributed by atoms with Crippen LogP contribution in [-0.2, 0) is 0 Å². The van der Waals surface area contributed by atoms with E-state index in [9.17, 15) is 0 Å². The Morgan fingerprint density at radius 1 is 0.636 bits per heavy atom. The first-order valence-electron chi connectivity index (χ1n) is 7.79. The van der Waals surface area contributed by atoms with Crippen LogP contribution in [0.25, 0.3) is 33.1 Å². The summed E-state index contributed by atoms with van der Waals surface area (Å²) in [6.45, 7) is 6.11. The highest BCUT2D eigenvalue weighted by Crippen LogP contribution is 2.32. The standard InChI is InChI=1S/C19H14O.C2H6/c1-13-7-9-18-16(11-13)17-12-15(8-10-19(17)20-18)14-5-3-2-4-6-14;1-2/h2-12H,1H3;1-2H3. The first kappa shape index (κ1) is 14.4. The molecule has 0 aliphatic heterocycles. The van der Waals surface area contributed by atoms with Gasteiger partial charge in [-0.3, -0.25) is 0 Å². The lowest BCUT2D eigenvalue weighted by atomic mass is 10.0. The molecule has 0 saturated carbocycles. The van der Waals surface area contributed by atoms with Crippen LogP contribution in [0.1, 0.15) is 19.4 Å². The molecule has 3 aromatic carbocycles. The molecule has 22 heavy (non-hydrogen) atoms. The maximum Gasteiger partial charge on any atom is 0.135 e. The van der Waals surface area contributed by atoms with Gasteiger partial charge in [0.15, 0.2) is 0 Å². The molecule has 0 unspecified atom stereocenters. The molecule has 110 valence electrons. The SMILES string of the molecule is CC.Cc1ccc2oc3ccc(-c4ccccc4)cc3c2c1. The molecule has 1 aromatic heterocycles. The Hall–Kier alpha value is -2.54. The normalized spacial score (nSPS) is 10.5. The van der Waals surface area contributed by atoms with Crippen molar-refractivity contribution in [2.75, 3.05) is 0 Å². The van der Waals surface area contributed by atoms with Crippen LogP contribution >= 0.6 is 0 Å². The Bertz CT molecular complexity index is 901. The molecule has 0 N–H and O–H groups in total. The minimum atomic E-state index is 0.949. The molecule has 0 spiro atoms. The zero-order valence-electron chi connectivity index (χ0n) is 13.3. The van der Waals surface area contributed by atoms with Crippen molar-refractivity contribution in [3.05, 3.63) is 72.3 Å². The van der Waals surface area contributed by atoms with Crippen molar-refractivity contribution in [1.29, 1.82) is 0 Å². The van der Waals surface area contributed by atoms with Crippen molar-refractivity contribution in [3.8, 4) is 11.1 Å². The number of aryl methyl sites for hydroxylation is 1. The van der Waals surface area contributed by atoms with Crippen molar-refractivity contribution < 1.29 is 4.42 Å². The first-order chi connectivity index (χ1) is 10.8. The third-order valence-corrected chi connectivity index (χ3v) is 3.73. The molecule has 0 aliphatic carbocycles. The molecule has 0 amide bonds. The topological polar surface area (TPSA) is 13.1 Å². The van der Waals surface area contributed by atoms with Gasteiger partial charge in [-0.2, -0.15) is 0 Å². The molecule has 0 fully saturated rings. The summed E-state index contributed by atoms with van der Waals surface area (Å²) in [4.78, 5) is 0. The largest absolute Gasteiger partial charge is 0.456 e. The molecule has 4 aromatic rings. The van der Waals surface area contributed by atoms with Crippen LogP contribution in [0.2, 0.25) is 0 Å². The number of hydrogen-bond acceptors (Lipinski definition) is 1. The van der Waals surface area contributed by atoms with Gasteiger partial charge in [-0.1, -0.05) is 61.9 Å². The van der Waals surface area contributed by atoms with Gasteiger partial charge in [-0.05, 0) is 42.3 Å². The molecule has 0 bridgehead atoms. The van der Waals surface area contributed by atoms with Crippen molar-refractivity contribution >= 4 is 21.9 Å². The van der Waals surface area contributed by atoms with Gasteiger partial charge in [0, 0.05) is 10.8 Å². The van der Waals surface area contributed by atoms with E-state index in [-0.39, 0.29) is 0 Å². The fourth-order valence-electron chi connectivity index (χ4n) is 2.70. The van der Waals surface area contributed by atoms with E-state index in [2.05, 4.69) is 61.5 Å². The number of furan rings is 1. The van der Waals surface area contributed by atoms with Gasteiger partial charge in [-0.25, -0.2) is 0 Å². The van der Waals surface area contributed by atoms with Crippen LogP contribution in [0.5, 0.6) is 0 Å². The van der Waals surface area contributed by atoms with Gasteiger partial charge in [0.1, 0.15) is 11.2 Å². The lowest BCUT2D eigenvalue weighted by Gasteiger charge is -2.01. The monoisotopic (exact) mass is 288 g/mol. The fraction of sp³-hybridized carbons (Fsp3) is 0.143. The van der Waals surface area contributed by atoms with Crippen LogP contribution in [0.15, 0.2) is 71.1 Å². The predicted octanol–water partition coefficient (Wildman–Crippen LogP) is 6.59. The molecule has 4 rings (SSSR count). The van der Waals surface area contributed by atoms with Gasteiger partial charge in [0.2, 0.25) is 0 Å². The van der Waals surface area contributed by atoms with Crippen molar-refractivity contribution in [3.63, 3.8) is 0 Å². The Kier molecular flexibility index (Phi) is 3.97. The smallest absolute Gasteiger partial charge is 0.135 e. The van der Waals surface area contributed by atoms with Gasteiger partial charge >= 0.3 is 0 Å². The molecule has 0 radical (unpaired) electrons. The van der Waals surface area contributed by atoms with Gasteiger partial charge < -0.3 is 4.42 Å².